The Bertz CT molecular complexity index is 669. The van der Waals surface area contributed by atoms with Crippen molar-refractivity contribution in [3.05, 3.63) is 52.9 Å². The Hall–Kier alpha value is -2.47. The fraction of sp³-hybridized carbons (Fsp3) is 0.200. The smallest absolute Gasteiger partial charge is 0.342 e. The number of ether oxygens (including phenoxy) is 1. The molecule has 0 fully saturated rings. The summed E-state index contributed by atoms with van der Waals surface area (Å²) in [5.41, 5.74) is -0.0590. The zero-order valence-electron chi connectivity index (χ0n) is 11.7. The molecule has 0 bridgehead atoms. The molecule has 0 saturated heterocycles. The van der Waals surface area contributed by atoms with Crippen LogP contribution in [0.1, 0.15) is 29.1 Å². The van der Waals surface area contributed by atoms with E-state index < -0.39 is 18.5 Å². The zero-order chi connectivity index (χ0) is 16.1. The van der Waals surface area contributed by atoms with Gasteiger partial charge in [0.2, 0.25) is 0 Å². The normalized spacial score (nSPS) is 11.7. The molecular formula is C15H14ClNO5. The number of esters is 1. The number of rotatable bonds is 5. The van der Waals surface area contributed by atoms with Crippen LogP contribution >= 0.6 is 11.6 Å². The number of hydrogen-bond donors (Lipinski definition) is 2. The summed E-state index contributed by atoms with van der Waals surface area (Å²) >= 11 is 5.67. The summed E-state index contributed by atoms with van der Waals surface area (Å²) in [6, 6.07) is 7.08. The molecule has 0 aliphatic rings. The number of carbonyl (C=O) groups is 2. The highest BCUT2D eigenvalue weighted by Crippen LogP contribution is 2.22. The molecule has 0 aliphatic heterocycles. The van der Waals surface area contributed by atoms with E-state index in [2.05, 4.69) is 5.32 Å². The summed E-state index contributed by atoms with van der Waals surface area (Å²) in [7, 11) is 0. The summed E-state index contributed by atoms with van der Waals surface area (Å²) in [6.45, 7) is 1.27. The van der Waals surface area contributed by atoms with E-state index >= 15 is 0 Å². The SMILES string of the molecule is C[C@@H](NC(=O)COC(=O)c1ccc(Cl)cc1O)c1ccco1. The molecule has 0 aliphatic carbocycles. The first-order valence-electron chi connectivity index (χ1n) is 6.46. The lowest BCUT2D eigenvalue weighted by atomic mass is 10.2. The quantitative estimate of drug-likeness (QED) is 0.826. The highest BCUT2D eigenvalue weighted by Gasteiger charge is 2.16. The lowest BCUT2D eigenvalue weighted by Gasteiger charge is -2.11. The van der Waals surface area contributed by atoms with Crippen molar-refractivity contribution in [1.29, 1.82) is 0 Å². The largest absolute Gasteiger partial charge is 0.507 e. The first-order valence-corrected chi connectivity index (χ1v) is 6.83. The van der Waals surface area contributed by atoms with Crippen molar-refractivity contribution in [1.82, 2.24) is 5.32 Å². The molecular weight excluding hydrogens is 310 g/mol. The van der Waals surface area contributed by atoms with Gasteiger partial charge in [-0.2, -0.15) is 0 Å². The summed E-state index contributed by atoms with van der Waals surface area (Å²) in [5.74, 6) is -1.00. The molecule has 0 spiro atoms. The van der Waals surface area contributed by atoms with Gasteiger partial charge in [0.1, 0.15) is 17.1 Å². The van der Waals surface area contributed by atoms with Crippen LogP contribution in [-0.2, 0) is 9.53 Å². The maximum atomic E-state index is 11.8. The zero-order valence-corrected chi connectivity index (χ0v) is 12.5. The molecule has 0 saturated carbocycles. The Kier molecular flexibility index (Phi) is 5.06. The predicted octanol–water partition coefficient (Wildman–Crippen LogP) is 2.67. The average Bonchev–Trinajstić information content (AvgIpc) is 2.99. The molecule has 1 atom stereocenters. The maximum absolute atomic E-state index is 11.8. The molecule has 0 unspecified atom stereocenters. The van der Waals surface area contributed by atoms with Crippen LogP contribution in [-0.4, -0.2) is 23.6 Å². The van der Waals surface area contributed by atoms with Gasteiger partial charge < -0.3 is 19.6 Å². The Morgan fingerprint density at radius 2 is 2.18 bits per heavy atom. The summed E-state index contributed by atoms with van der Waals surface area (Å²) < 4.78 is 9.99. The minimum atomic E-state index is -0.810. The van der Waals surface area contributed by atoms with E-state index in [4.69, 9.17) is 20.8 Å². The van der Waals surface area contributed by atoms with E-state index in [9.17, 15) is 14.7 Å². The van der Waals surface area contributed by atoms with Crippen molar-refractivity contribution >= 4 is 23.5 Å². The summed E-state index contributed by atoms with van der Waals surface area (Å²) in [4.78, 5) is 23.5. The molecule has 1 aromatic carbocycles. The average molecular weight is 324 g/mol. The monoisotopic (exact) mass is 323 g/mol. The first kappa shape index (κ1) is 15.9. The molecule has 2 N–H and O–H groups in total. The van der Waals surface area contributed by atoms with Crippen LogP contribution in [0.15, 0.2) is 41.0 Å². The Balaban J connectivity index is 1.86. The fourth-order valence-corrected chi connectivity index (χ4v) is 1.94. The van der Waals surface area contributed by atoms with Crippen LogP contribution in [0.4, 0.5) is 0 Å². The van der Waals surface area contributed by atoms with Crippen LogP contribution in [0.5, 0.6) is 5.75 Å². The van der Waals surface area contributed by atoms with E-state index in [0.29, 0.717) is 10.8 Å². The first-order chi connectivity index (χ1) is 10.5. The van der Waals surface area contributed by atoms with Crippen molar-refractivity contribution in [2.75, 3.05) is 6.61 Å². The Morgan fingerprint density at radius 3 is 2.82 bits per heavy atom. The number of halogens is 1. The standard InChI is InChI=1S/C15H14ClNO5/c1-9(13-3-2-6-21-13)17-14(19)8-22-15(20)11-5-4-10(16)7-12(11)18/h2-7,9,18H,8H2,1H3,(H,17,19)/t9-/m1/s1. The molecule has 0 radical (unpaired) electrons. The van der Waals surface area contributed by atoms with Gasteiger partial charge in [0.25, 0.3) is 5.91 Å². The lowest BCUT2D eigenvalue weighted by Crippen LogP contribution is -2.31. The van der Waals surface area contributed by atoms with Crippen LogP contribution in [0.3, 0.4) is 0 Å². The molecule has 2 rings (SSSR count). The molecule has 7 heteroatoms. The van der Waals surface area contributed by atoms with Crippen molar-refractivity contribution in [2.24, 2.45) is 0 Å². The van der Waals surface area contributed by atoms with Crippen LogP contribution in [0, 0.1) is 0 Å². The number of amides is 1. The van der Waals surface area contributed by atoms with Gasteiger partial charge in [0.05, 0.1) is 12.3 Å². The molecule has 22 heavy (non-hydrogen) atoms. The van der Waals surface area contributed by atoms with E-state index in [1.54, 1.807) is 19.1 Å². The minimum Gasteiger partial charge on any atom is -0.507 e. The van der Waals surface area contributed by atoms with Gasteiger partial charge in [-0.25, -0.2) is 4.79 Å². The third-order valence-corrected chi connectivity index (χ3v) is 3.10. The number of phenolic OH excluding ortho intramolecular Hbond substituents is 1. The number of phenols is 1. The molecule has 6 nitrogen and oxygen atoms in total. The Morgan fingerprint density at radius 1 is 1.41 bits per heavy atom. The number of nitrogens with one attached hydrogen (secondary N) is 1. The Labute approximate surface area is 131 Å². The van der Waals surface area contributed by atoms with E-state index in [1.165, 1.54) is 24.5 Å². The second kappa shape index (κ2) is 7.00. The molecule has 2 aromatic rings. The van der Waals surface area contributed by atoms with Gasteiger partial charge in [-0.15, -0.1) is 0 Å². The number of hydrogen-bond acceptors (Lipinski definition) is 5. The predicted molar refractivity (Wildman–Crippen MR) is 78.7 cm³/mol. The second-order valence-electron chi connectivity index (χ2n) is 4.54. The van der Waals surface area contributed by atoms with E-state index in [1.807, 2.05) is 0 Å². The highest BCUT2D eigenvalue weighted by molar-refractivity contribution is 6.30. The van der Waals surface area contributed by atoms with Gasteiger partial charge in [-0.1, -0.05) is 11.6 Å². The van der Waals surface area contributed by atoms with Crippen molar-refractivity contribution < 1.29 is 23.8 Å². The molecule has 1 aromatic heterocycles. The number of carbonyl (C=O) groups excluding carboxylic acids is 2. The van der Waals surface area contributed by atoms with Gasteiger partial charge in [-0.3, -0.25) is 4.79 Å². The van der Waals surface area contributed by atoms with Gasteiger partial charge in [0.15, 0.2) is 6.61 Å². The fourth-order valence-electron chi connectivity index (χ4n) is 1.78. The van der Waals surface area contributed by atoms with Crippen LogP contribution in [0.25, 0.3) is 0 Å². The van der Waals surface area contributed by atoms with E-state index in [-0.39, 0.29) is 17.4 Å². The summed E-state index contributed by atoms with van der Waals surface area (Å²) in [5, 5.41) is 12.5. The van der Waals surface area contributed by atoms with Crippen LogP contribution in [0.2, 0.25) is 5.02 Å². The van der Waals surface area contributed by atoms with Crippen molar-refractivity contribution in [2.45, 2.75) is 13.0 Å². The summed E-state index contributed by atoms with van der Waals surface area (Å²) in [6.07, 6.45) is 1.50. The lowest BCUT2D eigenvalue weighted by molar-refractivity contribution is -0.125. The molecule has 116 valence electrons. The highest BCUT2D eigenvalue weighted by atomic mass is 35.5. The van der Waals surface area contributed by atoms with Gasteiger partial charge in [-0.05, 0) is 37.3 Å². The second-order valence-corrected chi connectivity index (χ2v) is 4.98. The van der Waals surface area contributed by atoms with E-state index in [0.717, 1.165) is 0 Å². The maximum Gasteiger partial charge on any atom is 0.342 e. The third-order valence-electron chi connectivity index (χ3n) is 2.86. The number of benzene rings is 1. The number of furan rings is 1. The third kappa shape index (κ3) is 4.02. The topological polar surface area (TPSA) is 88.8 Å². The van der Waals surface area contributed by atoms with Gasteiger partial charge >= 0.3 is 5.97 Å². The van der Waals surface area contributed by atoms with Gasteiger partial charge in [0, 0.05) is 5.02 Å². The van der Waals surface area contributed by atoms with Crippen molar-refractivity contribution in [3.63, 3.8) is 0 Å². The van der Waals surface area contributed by atoms with Crippen LogP contribution < -0.4 is 5.32 Å². The molecule has 1 heterocycles. The molecule has 1 amide bonds. The number of aromatic hydroxyl groups is 1. The van der Waals surface area contributed by atoms with Crippen molar-refractivity contribution in [3.8, 4) is 5.75 Å². The minimum absolute atomic E-state index is 0.0590.